The van der Waals surface area contributed by atoms with E-state index < -0.39 is 0 Å². The molecule has 0 radical (unpaired) electrons. The molecule has 18 heavy (non-hydrogen) atoms. The summed E-state index contributed by atoms with van der Waals surface area (Å²) in [7, 11) is 0. The van der Waals surface area contributed by atoms with E-state index in [1.807, 2.05) is 0 Å². The van der Waals surface area contributed by atoms with Gasteiger partial charge in [0.15, 0.2) is 0 Å². The molecule has 0 saturated carbocycles. The van der Waals surface area contributed by atoms with Crippen molar-refractivity contribution in [3.63, 3.8) is 0 Å². The molecule has 1 aromatic heterocycles. The molecule has 3 unspecified atom stereocenters. The highest BCUT2D eigenvalue weighted by atomic mass is 32.1. The van der Waals surface area contributed by atoms with Gasteiger partial charge in [0.1, 0.15) is 6.10 Å². The first-order valence-electron chi connectivity index (χ1n) is 6.72. The largest absolute Gasteiger partial charge is 0.381 e. The number of hydrogen-bond donors (Lipinski definition) is 1. The molecule has 1 aromatic rings. The van der Waals surface area contributed by atoms with Crippen molar-refractivity contribution in [2.24, 2.45) is 11.7 Å². The average molecular weight is 269 g/mol. The highest BCUT2D eigenvalue weighted by Gasteiger charge is 2.24. The van der Waals surface area contributed by atoms with Gasteiger partial charge in [-0.05, 0) is 31.9 Å². The van der Waals surface area contributed by atoms with Crippen molar-refractivity contribution in [2.45, 2.75) is 38.8 Å². The van der Waals surface area contributed by atoms with Crippen LogP contribution in [0.25, 0.3) is 0 Å². The average Bonchev–Trinajstić information content (AvgIpc) is 3.01. The van der Waals surface area contributed by atoms with E-state index in [9.17, 15) is 0 Å². The molecule has 1 fully saturated rings. The van der Waals surface area contributed by atoms with Gasteiger partial charge in [-0.25, -0.2) is 0 Å². The second-order valence-electron chi connectivity index (χ2n) is 5.00. The zero-order chi connectivity index (χ0) is 13.0. The Kier molecular flexibility index (Phi) is 5.18. The summed E-state index contributed by atoms with van der Waals surface area (Å²) in [4.78, 5) is 2.56. The van der Waals surface area contributed by atoms with Gasteiger partial charge in [0, 0.05) is 28.3 Å². The van der Waals surface area contributed by atoms with Gasteiger partial charge < -0.3 is 15.2 Å². The predicted octanol–water partition coefficient (Wildman–Crippen LogP) is 2.89. The number of aryl methyl sites for hydroxylation is 1. The van der Waals surface area contributed by atoms with Crippen molar-refractivity contribution in [1.82, 2.24) is 0 Å². The lowest BCUT2D eigenvalue weighted by molar-refractivity contribution is 0.0115. The zero-order valence-corrected chi connectivity index (χ0v) is 12.0. The SMILES string of the molecule is CCC(N)C(OCC1CCOC1)c1ccc(C)s1. The van der Waals surface area contributed by atoms with Crippen molar-refractivity contribution in [2.75, 3.05) is 19.8 Å². The molecule has 102 valence electrons. The van der Waals surface area contributed by atoms with E-state index >= 15 is 0 Å². The molecule has 1 aliphatic heterocycles. The molecule has 4 heteroatoms. The molecule has 2 N–H and O–H groups in total. The third kappa shape index (κ3) is 3.54. The monoisotopic (exact) mass is 269 g/mol. The van der Waals surface area contributed by atoms with Crippen molar-refractivity contribution >= 4 is 11.3 Å². The molecule has 1 saturated heterocycles. The minimum Gasteiger partial charge on any atom is -0.381 e. The molecule has 0 aromatic carbocycles. The lowest BCUT2D eigenvalue weighted by atomic mass is 10.1. The Morgan fingerprint density at radius 3 is 2.94 bits per heavy atom. The summed E-state index contributed by atoms with van der Waals surface area (Å²) in [5.41, 5.74) is 6.19. The molecule has 1 aliphatic rings. The second-order valence-corrected chi connectivity index (χ2v) is 6.32. The van der Waals surface area contributed by atoms with Gasteiger partial charge in [0.05, 0.1) is 13.2 Å². The fourth-order valence-corrected chi connectivity index (χ4v) is 3.19. The fourth-order valence-electron chi connectivity index (χ4n) is 2.19. The van der Waals surface area contributed by atoms with Crippen LogP contribution in [0, 0.1) is 12.8 Å². The fraction of sp³-hybridized carbons (Fsp3) is 0.714. The van der Waals surface area contributed by atoms with Crippen LogP contribution in [-0.4, -0.2) is 25.9 Å². The van der Waals surface area contributed by atoms with Crippen LogP contribution in [-0.2, 0) is 9.47 Å². The van der Waals surface area contributed by atoms with E-state index in [0.29, 0.717) is 5.92 Å². The Morgan fingerprint density at radius 2 is 2.39 bits per heavy atom. The summed E-state index contributed by atoms with van der Waals surface area (Å²) < 4.78 is 11.5. The number of ether oxygens (including phenoxy) is 2. The highest BCUT2D eigenvalue weighted by Crippen LogP contribution is 2.29. The molecule has 0 bridgehead atoms. The van der Waals surface area contributed by atoms with E-state index in [0.717, 1.165) is 32.7 Å². The predicted molar refractivity (Wildman–Crippen MR) is 74.9 cm³/mol. The molecule has 2 rings (SSSR count). The summed E-state index contributed by atoms with van der Waals surface area (Å²) in [5.74, 6) is 0.539. The van der Waals surface area contributed by atoms with Crippen LogP contribution in [0.1, 0.15) is 35.6 Å². The maximum absolute atomic E-state index is 6.19. The number of thiophene rings is 1. The standard InChI is InChI=1S/C14H23NO2S/c1-3-12(15)14(13-5-4-10(2)18-13)17-9-11-6-7-16-8-11/h4-5,11-12,14H,3,6-9,15H2,1-2H3. The Hall–Kier alpha value is -0.420. The van der Waals surface area contributed by atoms with Crippen LogP contribution < -0.4 is 5.73 Å². The molecule has 0 amide bonds. The topological polar surface area (TPSA) is 44.5 Å². The van der Waals surface area contributed by atoms with Crippen molar-refractivity contribution in [1.29, 1.82) is 0 Å². The third-order valence-corrected chi connectivity index (χ3v) is 4.50. The number of nitrogens with two attached hydrogens (primary N) is 1. The maximum atomic E-state index is 6.19. The zero-order valence-electron chi connectivity index (χ0n) is 11.2. The molecule has 0 aliphatic carbocycles. The smallest absolute Gasteiger partial charge is 0.107 e. The minimum atomic E-state index is 0.0364. The van der Waals surface area contributed by atoms with E-state index in [1.165, 1.54) is 9.75 Å². The first-order valence-corrected chi connectivity index (χ1v) is 7.53. The van der Waals surface area contributed by atoms with Crippen LogP contribution in [0.4, 0.5) is 0 Å². The molecule has 3 atom stereocenters. The van der Waals surface area contributed by atoms with Crippen LogP contribution in [0.2, 0.25) is 0 Å². The minimum absolute atomic E-state index is 0.0364. The lowest BCUT2D eigenvalue weighted by Gasteiger charge is -2.23. The molecule has 3 nitrogen and oxygen atoms in total. The summed E-state index contributed by atoms with van der Waals surface area (Å²) in [6, 6.07) is 4.35. The van der Waals surface area contributed by atoms with E-state index in [4.69, 9.17) is 15.2 Å². The quantitative estimate of drug-likeness (QED) is 0.863. The Bertz CT molecular complexity index is 360. The maximum Gasteiger partial charge on any atom is 0.107 e. The second kappa shape index (κ2) is 6.66. The normalized spacial score (nSPS) is 23.2. The van der Waals surface area contributed by atoms with Gasteiger partial charge >= 0.3 is 0 Å². The van der Waals surface area contributed by atoms with Gasteiger partial charge in [0.2, 0.25) is 0 Å². The molecular weight excluding hydrogens is 246 g/mol. The van der Waals surface area contributed by atoms with Gasteiger partial charge in [-0.2, -0.15) is 0 Å². The van der Waals surface area contributed by atoms with Gasteiger partial charge in [0.25, 0.3) is 0 Å². The molecule has 0 spiro atoms. The van der Waals surface area contributed by atoms with E-state index in [-0.39, 0.29) is 12.1 Å². The first-order chi connectivity index (χ1) is 8.70. The van der Waals surface area contributed by atoms with E-state index in [1.54, 1.807) is 11.3 Å². The third-order valence-electron chi connectivity index (χ3n) is 3.44. The Morgan fingerprint density at radius 1 is 1.56 bits per heavy atom. The summed E-state index contributed by atoms with van der Waals surface area (Å²) in [5, 5.41) is 0. The molecular formula is C14H23NO2S. The summed E-state index contributed by atoms with van der Waals surface area (Å²) in [6.07, 6.45) is 2.08. The van der Waals surface area contributed by atoms with Crippen LogP contribution in [0.15, 0.2) is 12.1 Å². The van der Waals surface area contributed by atoms with Crippen LogP contribution >= 0.6 is 11.3 Å². The summed E-state index contributed by atoms with van der Waals surface area (Å²) in [6.45, 7) is 6.69. The van der Waals surface area contributed by atoms with Gasteiger partial charge in [-0.15, -0.1) is 11.3 Å². The Balaban J connectivity index is 1.96. The van der Waals surface area contributed by atoms with Crippen molar-refractivity contribution in [3.8, 4) is 0 Å². The van der Waals surface area contributed by atoms with Crippen molar-refractivity contribution in [3.05, 3.63) is 21.9 Å². The van der Waals surface area contributed by atoms with E-state index in [2.05, 4.69) is 26.0 Å². The van der Waals surface area contributed by atoms with Crippen molar-refractivity contribution < 1.29 is 9.47 Å². The molecule has 2 heterocycles. The highest BCUT2D eigenvalue weighted by molar-refractivity contribution is 7.12. The summed E-state index contributed by atoms with van der Waals surface area (Å²) >= 11 is 1.79. The van der Waals surface area contributed by atoms with Crippen LogP contribution in [0.3, 0.4) is 0 Å². The lowest BCUT2D eigenvalue weighted by Crippen LogP contribution is -2.30. The number of rotatable bonds is 6. The van der Waals surface area contributed by atoms with Gasteiger partial charge in [-0.1, -0.05) is 6.92 Å². The number of hydrogen-bond acceptors (Lipinski definition) is 4. The van der Waals surface area contributed by atoms with Crippen LogP contribution in [0.5, 0.6) is 0 Å². The van der Waals surface area contributed by atoms with Gasteiger partial charge in [-0.3, -0.25) is 0 Å². The first kappa shape index (κ1) is 14.0. The Labute approximate surface area is 113 Å².